The van der Waals surface area contributed by atoms with Crippen molar-refractivity contribution in [3.63, 3.8) is 0 Å². The van der Waals surface area contributed by atoms with Crippen molar-refractivity contribution < 1.29 is 14.7 Å². The van der Waals surface area contributed by atoms with Crippen LogP contribution in [0.1, 0.15) is 6.92 Å². The molecule has 0 fully saturated rings. The van der Waals surface area contributed by atoms with Gasteiger partial charge in [-0.1, -0.05) is 17.3 Å². The highest BCUT2D eigenvalue weighted by molar-refractivity contribution is 5.82. The fourth-order valence-corrected chi connectivity index (χ4v) is 1.66. The molecule has 0 saturated carbocycles. The van der Waals surface area contributed by atoms with Crippen molar-refractivity contribution in [1.82, 2.24) is 20.3 Å². The number of aliphatic carboxylic acids is 1. The molecule has 0 saturated heterocycles. The van der Waals surface area contributed by atoms with E-state index in [2.05, 4.69) is 15.6 Å². The Balaban J connectivity index is 2.26. The fourth-order valence-electron chi connectivity index (χ4n) is 1.66. The summed E-state index contributed by atoms with van der Waals surface area (Å²) < 4.78 is 1.46. The smallest absolute Gasteiger partial charge is 0.328 e. The highest BCUT2D eigenvalue weighted by Crippen LogP contribution is 2.10. The molecule has 1 unspecified atom stereocenters. The quantitative estimate of drug-likeness (QED) is 0.795. The van der Waals surface area contributed by atoms with Crippen LogP contribution in [0, 0.1) is 0 Å². The Hall–Kier alpha value is -2.44. The van der Waals surface area contributed by atoms with Gasteiger partial charge >= 0.3 is 5.97 Å². The van der Waals surface area contributed by atoms with E-state index in [9.17, 15) is 9.59 Å². The van der Waals surface area contributed by atoms with Gasteiger partial charge in [-0.15, -0.1) is 5.10 Å². The molecule has 2 rings (SSSR count). The third kappa shape index (κ3) is 2.45. The number of hydrogen-bond acceptors (Lipinski definition) is 4. The van der Waals surface area contributed by atoms with E-state index in [1.165, 1.54) is 11.6 Å². The summed E-state index contributed by atoms with van der Waals surface area (Å²) >= 11 is 0. The topological polar surface area (TPSA) is 97.1 Å². The van der Waals surface area contributed by atoms with Gasteiger partial charge in [-0.3, -0.25) is 4.79 Å². The average molecular weight is 248 g/mol. The molecule has 7 heteroatoms. The van der Waals surface area contributed by atoms with E-state index in [0.717, 1.165) is 5.52 Å². The predicted molar refractivity (Wildman–Crippen MR) is 62.8 cm³/mol. The van der Waals surface area contributed by atoms with Crippen molar-refractivity contribution in [3.8, 4) is 0 Å². The van der Waals surface area contributed by atoms with Gasteiger partial charge in [-0.2, -0.15) is 0 Å². The molecule has 0 aliphatic carbocycles. The first kappa shape index (κ1) is 12.0. The van der Waals surface area contributed by atoms with Gasteiger partial charge in [0, 0.05) is 6.92 Å². The van der Waals surface area contributed by atoms with Gasteiger partial charge in [0.1, 0.15) is 11.6 Å². The summed E-state index contributed by atoms with van der Waals surface area (Å²) in [5, 5.41) is 19.2. The van der Waals surface area contributed by atoms with Crippen LogP contribution >= 0.6 is 0 Å². The predicted octanol–water partition coefficient (Wildman–Crippen LogP) is 0.0206. The molecule has 7 nitrogen and oxygen atoms in total. The molecule has 2 N–H and O–H groups in total. The molecular formula is C11H12N4O3. The van der Waals surface area contributed by atoms with Crippen LogP contribution in [-0.4, -0.2) is 38.0 Å². The van der Waals surface area contributed by atoms with E-state index in [-0.39, 0.29) is 6.54 Å². The van der Waals surface area contributed by atoms with Gasteiger partial charge in [0.25, 0.3) is 0 Å². The third-order valence-electron chi connectivity index (χ3n) is 2.45. The van der Waals surface area contributed by atoms with Crippen LogP contribution in [0.25, 0.3) is 11.0 Å². The highest BCUT2D eigenvalue weighted by Gasteiger charge is 2.20. The van der Waals surface area contributed by atoms with Crippen LogP contribution in [0.15, 0.2) is 24.3 Å². The number of para-hydroxylation sites is 1. The Morgan fingerprint density at radius 2 is 2.17 bits per heavy atom. The summed E-state index contributed by atoms with van der Waals surface area (Å²) in [6, 6.07) is 6.20. The number of carbonyl (C=O) groups is 2. The lowest BCUT2D eigenvalue weighted by atomic mass is 10.2. The first-order valence-corrected chi connectivity index (χ1v) is 5.36. The second-order valence-electron chi connectivity index (χ2n) is 3.85. The number of carboxylic acids is 1. The normalized spacial score (nSPS) is 12.3. The molecule has 0 aliphatic heterocycles. The largest absolute Gasteiger partial charge is 0.480 e. The molecule has 1 aromatic heterocycles. The molecule has 0 radical (unpaired) electrons. The zero-order chi connectivity index (χ0) is 13.1. The second kappa shape index (κ2) is 4.82. The van der Waals surface area contributed by atoms with Gasteiger partial charge in [0.05, 0.1) is 12.1 Å². The summed E-state index contributed by atoms with van der Waals surface area (Å²) in [4.78, 5) is 22.0. The summed E-state index contributed by atoms with van der Waals surface area (Å²) in [5.74, 6) is -1.50. The lowest BCUT2D eigenvalue weighted by Gasteiger charge is -2.13. The molecule has 0 aliphatic rings. The van der Waals surface area contributed by atoms with E-state index >= 15 is 0 Å². The summed E-state index contributed by atoms with van der Waals surface area (Å²) in [5.41, 5.74) is 1.42. The number of aromatic nitrogens is 3. The summed E-state index contributed by atoms with van der Waals surface area (Å²) in [6.45, 7) is 1.31. The number of carboxylic acid groups (broad SMARTS) is 1. The summed E-state index contributed by atoms with van der Waals surface area (Å²) in [6.07, 6.45) is 0. The maximum absolute atomic E-state index is 11.0. The number of fused-ring (bicyclic) bond motifs is 1. The minimum absolute atomic E-state index is 0.0371. The molecule has 0 spiro atoms. The Labute approximate surface area is 102 Å². The molecule has 94 valence electrons. The monoisotopic (exact) mass is 248 g/mol. The number of benzene rings is 1. The van der Waals surface area contributed by atoms with Crippen molar-refractivity contribution in [2.45, 2.75) is 19.5 Å². The van der Waals surface area contributed by atoms with Crippen LogP contribution in [0.2, 0.25) is 0 Å². The molecule has 0 bridgehead atoms. The average Bonchev–Trinajstić information content (AvgIpc) is 2.71. The SMILES string of the molecule is CC(=O)NC(Cn1nnc2ccccc21)C(=O)O. The second-order valence-corrected chi connectivity index (χ2v) is 3.85. The van der Waals surface area contributed by atoms with E-state index in [1.807, 2.05) is 12.1 Å². The fraction of sp³-hybridized carbons (Fsp3) is 0.273. The standard InChI is InChI=1S/C11H12N4O3/c1-7(16)12-9(11(17)18)6-15-10-5-3-2-4-8(10)13-14-15/h2-5,9H,6H2,1H3,(H,12,16)(H,17,18). The Kier molecular flexibility index (Phi) is 3.22. The van der Waals surface area contributed by atoms with Crippen LogP contribution in [0.3, 0.4) is 0 Å². The first-order chi connectivity index (χ1) is 8.58. The Morgan fingerprint density at radius 1 is 1.44 bits per heavy atom. The van der Waals surface area contributed by atoms with E-state index in [1.54, 1.807) is 12.1 Å². The van der Waals surface area contributed by atoms with Gasteiger partial charge in [-0.05, 0) is 12.1 Å². The van der Waals surface area contributed by atoms with Crippen LogP contribution < -0.4 is 5.32 Å². The Morgan fingerprint density at radius 3 is 2.83 bits per heavy atom. The number of hydrogen-bond donors (Lipinski definition) is 2. The van der Waals surface area contributed by atoms with Crippen LogP contribution in [0.5, 0.6) is 0 Å². The van der Waals surface area contributed by atoms with Crippen LogP contribution in [0.4, 0.5) is 0 Å². The number of carbonyl (C=O) groups excluding carboxylic acids is 1. The molecule has 1 aromatic carbocycles. The number of nitrogens with one attached hydrogen (secondary N) is 1. The molecule has 2 aromatic rings. The van der Waals surface area contributed by atoms with Crippen molar-refractivity contribution in [2.24, 2.45) is 0 Å². The minimum atomic E-state index is -1.11. The zero-order valence-electron chi connectivity index (χ0n) is 9.70. The van der Waals surface area contributed by atoms with Crippen molar-refractivity contribution in [3.05, 3.63) is 24.3 Å². The minimum Gasteiger partial charge on any atom is -0.480 e. The molecular weight excluding hydrogens is 236 g/mol. The lowest BCUT2D eigenvalue weighted by molar-refractivity contribution is -0.142. The molecule has 18 heavy (non-hydrogen) atoms. The first-order valence-electron chi connectivity index (χ1n) is 5.36. The Bertz CT molecular complexity index is 593. The maximum atomic E-state index is 11.0. The number of amides is 1. The van der Waals surface area contributed by atoms with E-state index in [0.29, 0.717) is 5.52 Å². The lowest BCUT2D eigenvalue weighted by Crippen LogP contribution is -2.42. The van der Waals surface area contributed by atoms with Gasteiger partial charge in [0.2, 0.25) is 5.91 Å². The highest BCUT2D eigenvalue weighted by atomic mass is 16.4. The van der Waals surface area contributed by atoms with E-state index < -0.39 is 17.9 Å². The zero-order valence-corrected chi connectivity index (χ0v) is 9.70. The molecule has 1 heterocycles. The molecule has 1 amide bonds. The third-order valence-corrected chi connectivity index (χ3v) is 2.45. The number of nitrogens with zero attached hydrogens (tertiary/aromatic N) is 3. The van der Waals surface area contributed by atoms with Crippen molar-refractivity contribution >= 4 is 22.9 Å². The van der Waals surface area contributed by atoms with Crippen LogP contribution in [-0.2, 0) is 16.1 Å². The van der Waals surface area contributed by atoms with Gasteiger partial charge in [0.15, 0.2) is 0 Å². The van der Waals surface area contributed by atoms with Gasteiger partial charge in [-0.25, -0.2) is 9.48 Å². The van der Waals surface area contributed by atoms with Crippen molar-refractivity contribution in [2.75, 3.05) is 0 Å². The maximum Gasteiger partial charge on any atom is 0.328 e. The van der Waals surface area contributed by atoms with Gasteiger partial charge < -0.3 is 10.4 Å². The summed E-state index contributed by atoms with van der Waals surface area (Å²) in [7, 11) is 0. The molecule has 1 atom stereocenters. The van der Waals surface area contributed by atoms with E-state index in [4.69, 9.17) is 5.11 Å². The number of rotatable bonds is 4. The van der Waals surface area contributed by atoms with Crippen molar-refractivity contribution in [1.29, 1.82) is 0 Å².